The van der Waals surface area contributed by atoms with Crippen LogP contribution in [0, 0.1) is 0 Å². The Kier molecular flexibility index (Phi) is 5.58. The highest BCUT2D eigenvalue weighted by atomic mass is 35.5. The van der Waals surface area contributed by atoms with E-state index in [-0.39, 0.29) is 23.4 Å². The molecule has 0 bridgehead atoms. The van der Waals surface area contributed by atoms with Crippen LogP contribution in [0.2, 0.25) is 10.0 Å². The number of nitrogens with one attached hydrogen (secondary N) is 1. The predicted molar refractivity (Wildman–Crippen MR) is 102 cm³/mol. The van der Waals surface area contributed by atoms with Crippen LogP contribution in [-0.4, -0.2) is 32.3 Å². The molecule has 0 atom stereocenters. The van der Waals surface area contributed by atoms with Crippen LogP contribution < -0.4 is 4.72 Å². The smallest absolute Gasteiger partial charge is 0.253 e. The zero-order valence-electron chi connectivity index (χ0n) is 14.1. The van der Waals surface area contributed by atoms with Gasteiger partial charge in [-0.1, -0.05) is 41.4 Å². The van der Waals surface area contributed by atoms with E-state index in [1.54, 1.807) is 37.4 Å². The van der Waals surface area contributed by atoms with Crippen molar-refractivity contribution in [2.75, 3.05) is 7.05 Å². The summed E-state index contributed by atoms with van der Waals surface area (Å²) in [5.41, 5.74) is 1.01. The van der Waals surface area contributed by atoms with E-state index >= 15 is 0 Å². The fourth-order valence-corrected chi connectivity index (χ4v) is 4.23. The minimum absolute atomic E-state index is 0.00648. The molecule has 0 unspecified atom stereocenters. The van der Waals surface area contributed by atoms with E-state index in [9.17, 15) is 13.2 Å². The van der Waals surface area contributed by atoms with Gasteiger partial charge in [-0.2, -0.15) is 0 Å². The lowest BCUT2D eigenvalue weighted by atomic mass is 10.1. The molecule has 138 valence electrons. The number of halogens is 2. The number of amides is 1. The standard InChI is InChI=1S/C18H18Cl2N2O3S/c1-22(11-13-5-3-7-16(19)17(13)20)18(23)12-4-2-6-15(10-12)26(24,25)21-14-8-9-14/h2-7,10,14,21H,8-9,11H2,1H3. The third kappa shape index (κ3) is 4.38. The molecule has 1 saturated carbocycles. The van der Waals surface area contributed by atoms with Gasteiger partial charge in [0.25, 0.3) is 5.91 Å². The average molecular weight is 413 g/mol. The predicted octanol–water partition coefficient (Wildman–Crippen LogP) is 3.71. The van der Waals surface area contributed by atoms with Crippen molar-refractivity contribution in [1.29, 1.82) is 0 Å². The van der Waals surface area contributed by atoms with Gasteiger partial charge < -0.3 is 4.90 Å². The van der Waals surface area contributed by atoms with Crippen molar-refractivity contribution in [2.24, 2.45) is 0 Å². The lowest BCUT2D eigenvalue weighted by Crippen LogP contribution is -2.28. The summed E-state index contributed by atoms with van der Waals surface area (Å²) in [6.45, 7) is 0.259. The molecule has 1 aliphatic rings. The average Bonchev–Trinajstić information content (AvgIpc) is 3.41. The highest BCUT2D eigenvalue weighted by Crippen LogP contribution is 2.27. The molecule has 1 aliphatic carbocycles. The monoisotopic (exact) mass is 412 g/mol. The lowest BCUT2D eigenvalue weighted by molar-refractivity contribution is 0.0785. The van der Waals surface area contributed by atoms with E-state index in [0.717, 1.165) is 12.8 Å². The molecule has 0 heterocycles. The van der Waals surface area contributed by atoms with Crippen molar-refractivity contribution < 1.29 is 13.2 Å². The molecule has 8 heteroatoms. The molecule has 0 spiro atoms. The molecule has 1 fully saturated rings. The maximum Gasteiger partial charge on any atom is 0.253 e. The molecule has 0 aromatic heterocycles. The van der Waals surface area contributed by atoms with Crippen LogP contribution >= 0.6 is 23.2 Å². The Labute approximate surface area is 163 Å². The number of hydrogen-bond donors (Lipinski definition) is 1. The summed E-state index contributed by atoms with van der Waals surface area (Å²) in [7, 11) is -1.98. The minimum Gasteiger partial charge on any atom is -0.337 e. The molecule has 0 aliphatic heterocycles. The molecule has 0 saturated heterocycles. The normalized spacial score (nSPS) is 14.3. The fourth-order valence-electron chi connectivity index (χ4n) is 2.50. The Hall–Kier alpha value is -1.60. The van der Waals surface area contributed by atoms with Gasteiger partial charge in [0.1, 0.15) is 0 Å². The third-order valence-electron chi connectivity index (χ3n) is 4.08. The number of nitrogens with zero attached hydrogens (tertiary/aromatic N) is 1. The van der Waals surface area contributed by atoms with Gasteiger partial charge in [0.05, 0.1) is 14.9 Å². The van der Waals surface area contributed by atoms with Gasteiger partial charge in [-0.3, -0.25) is 4.79 Å². The minimum atomic E-state index is -3.61. The van der Waals surface area contributed by atoms with Crippen LogP contribution in [0.4, 0.5) is 0 Å². The number of sulfonamides is 1. The summed E-state index contributed by atoms with van der Waals surface area (Å²) in [5.74, 6) is -0.301. The van der Waals surface area contributed by atoms with Gasteiger partial charge in [-0.25, -0.2) is 13.1 Å². The molecular weight excluding hydrogens is 395 g/mol. The highest BCUT2D eigenvalue weighted by molar-refractivity contribution is 7.89. The summed E-state index contributed by atoms with van der Waals surface area (Å²) in [6, 6.07) is 11.3. The van der Waals surface area contributed by atoms with Crippen LogP contribution in [0.5, 0.6) is 0 Å². The zero-order chi connectivity index (χ0) is 18.9. The summed E-state index contributed by atoms with van der Waals surface area (Å²) in [4.78, 5) is 14.3. The molecule has 3 rings (SSSR count). The van der Waals surface area contributed by atoms with Crippen LogP contribution in [0.3, 0.4) is 0 Å². The maximum atomic E-state index is 12.7. The van der Waals surface area contributed by atoms with Crippen LogP contribution in [-0.2, 0) is 16.6 Å². The van der Waals surface area contributed by atoms with E-state index in [4.69, 9.17) is 23.2 Å². The van der Waals surface area contributed by atoms with Crippen LogP contribution in [0.1, 0.15) is 28.8 Å². The van der Waals surface area contributed by atoms with Crippen molar-refractivity contribution in [3.05, 3.63) is 63.6 Å². The van der Waals surface area contributed by atoms with Gasteiger partial charge in [0, 0.05) is 25.2 Å². The summed E-state index contributed by atoms with van der Waals surface area (Å²) < 4.78 is 27.3. The largest absolute Gasteiger partial charge is 0.337 e. The highest BCUT2D eigenvalue weighted by Gasteiger charge is 2.28. The first-order chi connectivity index (χ1) is 12.3. The molecule has 26 heavy (non-hydrogen) atoms. The van der Waals surface area contributed by atoms with Gasteiger partial charge in [-0.15, -0.1) is 0 Å². The zero-order valence-corrected chi connectivity index (χ0v) is 16.4. The molecule has 1 N–H and O–H groups in total. The fraction of sp³-hybridized carbons (Fsp3) is 0.278. The number of hydrogen-bond acceptors (Lipinski definition) is 3. The van der Waals surface area contributed by atoms with E-state index < -0.39 is 10.0 Å². The van der Waals surface area contributed by atoms with Crippen molar-refractivity contribution >= 4 is 39.1 Å². The van der Waals surface area contributed by atoms with E-state index in [0.29, 0.717) is 21.2 Å². The molecule has 2 aromatic carbocycles. The second-order valence-corrected chi connectivity index (χ2v) is 8.80. The van der Waals surface area contributed by atoms with Crippen molar-refractivity contribution in [3.8, 4) is 0 Å². The van der Waals surface area contributed by atoms with Gasteiger partial charge >= 0.3 is 0 Å². The Bertz CT molecular complexity index is 943. The topological polar surface area (TPSA) is 66.5 Å². The van der Waals surface area contributed by atoms with Crippen molar-refractivity contribution in [1.82, 2.24) is 9.62 Å². The Balaban J connectivity index is 1.78. The quantitative estimate of drug-likeness (QED) is 0.785. The first-order valence-corrected chi connectivity index (χ1v) is 10.3. The second kappa shape index (κ2) is 7.56. The Morgan fingerprint density at radius 3 is 2.58 bits per heavy atom. The van der Waals surface area contributed by atoms with Gasteiger partial charge in [-0.05, 0) is 42.7 Å². The summed E-state index contributed by atoms with van der Waals surface area (Å²) in [5, 5.41) is 0.822. The summed E-state index contributed by atoms with van der Waals surface area (Å²) >= 11 is 12.2. The number of benzene rings is 2. The van der Waals surface area contributed by atoms with Crippen molar-refractivity contribution in [3.63, 3.8) is 0 Å². The number of carbonyl (C=O) groups is 1. The molecule has 0 radical (unpaired) electrons. The molecular formula is C18H18Cl2N2O3S. The lowest BCUT2D eigenvalue weighted by Gasteiger charge is -2.19. The van der Waals surface area contributed by atoms with Crippen molar-refractivity contribution in [2.45, 2.75) is 30.3 Å². The van der Waals surface area contributed by atoms with Crippen LogP contribution in [0.15, 0.2) is 47.4 Å². The Morgan fingerprint density at radius 1 is 1.19 bits per heavy atom. The maximum absolute atomic E-state index is 12.7. The summed E-state index contributed by atoms with van der Waals surface area (Å²) in [6.07, 6.45) is 1.70. The van der Waals surface area contributed by atoms with Gasteiger partial charge in [0.15, 0.2) is 0 Å². The third-order valence-corrected chi connectivity index (χ3v) is 6.45. The van der Waals surface area contributed by atoms with Crippen LogP contribution in [0.25, 0.3) is 0 Å². The molecule has 5 nitrogen and oxygen atoms in total. The number of carbonyl (C=O) groups excluding carboxylic acids is 1. The SMILES string of the molecule is CN(Cc1cccc(Cl)c1Cl)C(=O)c1cccc(S(=O)(=O)NC2CC2)c1. The van der Waals surface area contributed by atoms with Gasteiger partial charge in [0.2, 0.25) is 10.0 Å². The molecule has 1 amide bonds. The number of rotatable bonds is 6. The first kappa shape index (κ1) is 19.2. The first-order valence-electron chi connectivity index (χ1n) is 8.08. The second-order valence-electron chi connectivity index (χ2n) is 6.30. The van der Waals surface area contributed by atoms with E-state index in [1.807, 2.05) is 0 Å². The van der Waals surface area contributed by atoms with E-state index in [1.165, 1.54) is 17.0 Å². The Morgan fingerprint density at radius 2 is 1.88 bits per heavy atom. The molecule has 2 aromatic rings. The van der Waals surface area contributed by atoms with E-state index in [2.05, 4.69) is 4.72 Å².